The van der Waals surface area contributed by atoms with Gasteiger partial charge in [0.1, 0.15) is 12.2 Å². The lowest BCUT2D eigenvalue weighted by atomic mass is 9.47. The highest BCUT2D eigenvalue weighted by molar-refractivity contribution is 5.92. The minimum Gasteiger partial charge on any atom is -0.462 e. The predicted octanol–water partition coefficient (Wildman–Crippen LogP) is 8.65. The summed E-state index contributed by atoms with van der Waals surface area (Å²) >= 11 is 0. The topological polar surface area (TPSA) is 86.7 Å². The summed E-state index contributed by atoms with van der Waals surface area (Å²) in [7, 11) is 0. The van der Waals surface area contributed by atoms with Crippen LogP contribution < -0.4 is 0 Å². The molecule has 6 heteroatoms. The third kappa shape index (κ3) is 4.98. The molecular weight excluding hydrogens is 600 g/mol. The molecule has 12 atom stereocenters. The fraction of sp³-hybridized carbons (Fsp3) is 0.810. The number of carbonyl (C=O) groups excluding carboxylic acids is 4. The van der Waals surface area contributed by atoms with Crippen LogP contribution in [0.1, 0.15) is 143 Å². The van der Waals surface area contributed by atoms with Crippen molar-refractivity contribution >= 4 is 23.5 Å². The fourth-order valence-corrected chi connectivity index (χ4v) is 14.0. The number of hydrogen-bond donors (Lipinski definition) is 0. The summed E-state index contributed by atoms with van der Waals surface area (Å²) in [6.45, 7) is 9.54. The van der Waals surface area contributed by atoms with Crippen LogP contribution in [0.4, 0.5) is 0 Å². The maximum Gasteiger partial charge on any atom is 0.306 e. The summed E-state index contributed by atoms with van der Waals surface area (Å²) in [5, 5.41) is 0. The van der Waals surface area contributed by atoms with E-state index in [2.05, 4.69) is 27.7 Å². The number of carbonyl (C=O) groups is 4. The predicted molar refractivity (Wildman–Crippen MR) is 182 cm³/mol. The van der Waals surface area contributed by atoms with Gasteiger partial charge in [0.2, 0.25) is 0 Å². The Balaban J connectivity index is 0.848. The normalized spacial score (nSPS) is 47.7. The molecule has 0 heterocycles. The first-order valence-corrected chi connectivity index (χ1v) is 19.7. The van der Waals surface area contributed by atoms with Crippen molar-refractivity contribution < 1.29 is 28.7 Å². The number of hydrogen-bond acceptors (Lipinski definition) is 6. The van der Waals surface area contributed by atoms with Gasteiger partial charge in [0.05, 0.1) is 12.8 Å². The first kappa shape index (κ1) is 32.9. The van der Waals surface area contributed by atoms with E-state index in [1.807, 2.05) is 12.2 Å². The molecule has 6 saturated carbocycles. The number of allylic oxidation sites excluding steroid dienone is 2. The summed E-state index contributed by atoms with van der Waals surface area (Å²) in [4.78, 5) is 50.8. The standard InChI is InChI=1S/C42H58O6/c1-39-19-15-27(43)23-25(39)5-7-29-31-9-11-35(41(31,3)21-17-33(29)39)47-37(45)13-14-38(46)48-36-12-10-32-30-8-6-26-24-28(44)16-20-40(26,2)34(30)18-22-42(32,36)4/h23-24,29-36H,5-22H2,1-4H3/t29?,30?,31?,32?,33?,34?,35-,36+,39-,40+,41-,42+. The van der Waals surface area contributed by atoms with E-state index >= 15 is 0 Å². The van der Waals surface area contributed by atoms with Gasteiger partial charge in [-0.15, -0.1) is 0 Å². The Morgan fingerprint density at radius 3 is 1.40 bits per heavy atom. The van der Waals surface area contributed by atoms with Gasteiger partial charge in [-0.05, 0) is 148 Å². The van der Waals surface area contributed by atoms with Gasteiger partial charge in [-0.2, -0.15) is 0 Å². The summed E-state index contributed by atoms with van der Waals surface area (Å²) in [6.07, 6.45) is 20.1. The molecule has 0 saturated heterocycles. The minimum absolute atomic E-state index is 0.00834. The van der Waals surface area contributed by atoms with E-state index in [0.29, 0.717) is 59.9 Å². The van der Waals surface area contributed by atoms with Gasteiger partial charge in [0.15, 0.2) is 11.6 Å². The van der Waals surface area contributed by atoms with E-state index in [-0.39, 0.29) is 58.6 Å². The highest BCUT2D eigenvalue weighted by Crippen LogP contribution is 2.67. The average molecular weight is 659 g/mol. The number of ketones is 2. The molecule has 0 aromatic heterocycles. The minimum atomic E-state index is -0.256. The van der Waals surface area contributed by atoms with Crippen LogP contribution in [0.5, 0.6) is 0 Å². The van der Waals surface area contributed by atoms with Crippen LogP contribution >= 0.6 is 0 Å². The summed E-state index contributed by atoms with van der Waals surface area (Å²) < 4.78 is 12.5. The fourth-order valence-electron chi connectivity index (χ4n) is 14.0. The van der Waals surface area contributed by atoms with Gasteiger partial charge in [-0.25, -0.2) is 0 Å². The Hall–Kier alpha value is -2.24. The van der Waals surface area contributed by atoms with E-state index in [4.69, 9.17) is 9.47 Å². The van der Waals surface area contributed by atoms with Crippen molar-refractivity contribution in [2.45, 2.75) is 155 Å². The van der Waals surface area contributed by atoms with Gasteiger partial charge < -0.3 is 9.47 Å². The van der Waals surface area contributed by atoms with E-state index in [1.165, 1.54) is 11.1 Å². The first-order chi connectivity index (χ1) is 22.8. The smallest absolute Gasteiger partial charge is 0.306 e. The first-order valence-electron chi connectivity index (χ1n) is 19.7. The van der Waals surface area contributed by atoms with Crippen LogP contribution in [0.2, 0.25) is 0 Å². The molecule has 8 aliphatic carbocycles. The highest BCUT2D eigenvalue weighted by Gasteiger charge is 2.61. The maximum atomic E-state index is 13.2. The van der Waals surface area contributed by atoms with Crippen LogP contribution in [0.15, 0.2) is 23.3 Å². The van der Waals surface area contributed by atoms with Gasteiger partial charge in [-0.1, -0.05) is 38.8 Å². The van der Waals surface area contributed by atoms with E-state index < -0.39 is 0 Å². The van der Waals surface area contributed by atoms with Crippen molar-refractivity contribution in [3.63, 3.8) is 0 Å². The molecule has 6 unspecified atom stereocenters. The maximum absolute atomic E-state index is 13.2. The zero-order valence-electron chi connectivity index (χ0n) is 30.0. The van der Waals surface area contributed by atoms with Crippen LogP contribution in [0.3, 0.4) is 0 Å². The van der Waals surface area contributed by atoms with Crippen molar-refractivity contribution in [1.29, 1.82) is 0 Å². The Labute approximate surface area is 287 Å². The van der Waals surface area contributed by atoms with Crippen LogP contribution in [-0.4, -0.2) is 35.7 Å². The third-order valence-electron chi connectivity index (χ3n) is 16.8. The lowest BCUT2D eigenvalue weighted by Gasteiger charge is -2.57. The molecule has 0 aromatic carbocycles. The summed E-state index contributed by atoms with van der Waals surface area (Å²) in [5.41, 5.74) is 3.06. The second-order valence-corrected chi connectivity index (χ2v) is 18.6. The molecule has 6 fully saturated rings. The molecule has 8 rings (SSSR count). The molecule has 0 amide bonds. The zero-order valence-corrected chi connectivity index (χ0v) is 30.0. The molecule has 0 aliphatic heterocycles. The Kier molecular flexibility index (Phi) is 8.00. The van der Waals surface area contributed by atoms with Crippen molar-refractivity contribution in [2.75, 3.05) is 0 Å². The van der Waals surface area contributed by atoms with Gasteiger partial charge in [0.25, 0.3) is 0 Å². The molecule has 262 valence electrons. The van der Waals surface area contributed by atoms with Gasteiger partial charge >= 0.3 is 11.9 Å². The molecule has 8 aliphatic rings. The Morgan fingerprint density at radius 2 is 0.979 bits per heavy atom. The van der Waals surface area contributed by atoms with Crippen molar-refractivity contribution in [3.05, 3.63) is 23.3 Å². The van der Waals surface area contributed by atoms with Gasteiger partial charge in [0, 0.05) is 23.7 Å². The molecule has 0 N–H and O–H groups in total. The molecule has 48 heavy (non-hydrogen) atoms. The SMILES string of the molecule is C[C@]12CCC(=O)C=C1CCC1C2CC[C@@]2(C)C1CC[C@@H]2OC(=O)CCC(=O)O[C@@H]1CCC2C3CCC4=CC(=O)CC[C@@]4(C)C3CC[C@]21C. The van der Waals surface area contributed by atoms with Crippen molar-refractivity contribution in [2.24, 2.45) is 57.2 Å². The lowest BCUT2D eigenvalue weighted by Crippen LogP contribution is -2.51. The third-order valence-corrected chi connectivity index (χ3v) is 16.8. The van der Waals surface area contributed by atoms with E-state index in [1.54, 1.807) is 0 Å². The number of rotatable bonds is 5. The number of fused-ring (bicyclic) bond motifs is 10. The number of ether oxygens (including phenoxy) is 2. The van der Waals surface area contributed by atoms with Crippen molar-refractivity contribution in [3.8, 4) is 0 Å². The molecule has 6 nitrogen and oxygen atoms in total. The number of esters is 2. The Morgan fingerprint density at radius 1 is 0.562 bits per heavy atom. The molecule has 0 spiro atoms. The summed E-state index contributed by atoms with van der Waals surface area (Å²) in [6, 6.07) is 0. The van der Waals surface area contributed by atoms with E-state index in [0.717, 1.165) is 89.9 Å². The largest absolute Gasteiger partial charge is 0.462 e. The Bertz CT molecular complexity index is 1350. The van der Waals surface area contributed by atoms with Crippen LogP contribution in [0, 0.1) is 57.2 Å². The quantitative estimate of drug-likeness (QED) is 0.275. The molecular formula is C42H58O6. The lowest BCUT2D eigenvalue weighted by molar-refractivity contribution is -0.166. The van der Waals surface area contributed by atoms with Crippen molar-refractivity contribution in [1.82, 2.24) is 0 Å². The van der Waals surface area contributed by atoms with Gasteiger partial charge in [-0.3, -0.25) is 19.2 Å². The molecule has 0 radical (unpaired) electrons. The zero-order chi connectivity index (χ0) is 33.6. The second kappa shape index (κ2) is 11.7. The molecule has 0 aromatic rings. The van der Waals surface area contributed by atoms with Crippen LogP contribution in [0.25, 0.3) is 0 Å². The van der Waals surface area contributed by atoms with Crippen LogP contribution in [-0.2, 0) is 28.7 Å². The molecule has 0 bridgehead atoms. The summed E-state index contributed by atoms with van der Waals surface area (Å²) in [5.74, 6) is 3.70. The second-order valence-electron chi connectivity index (χ2n) is 18.6. The monoisotopic (exact) mass is 658 g/mol. The average Bonchev–Trinajstić information content (AvgIpc) is 3.56. The highest BCUT2D eigenvalue weighted by atomic mass is 16.6. The van der Waals surface area contributed by atoms with E-state index in [9.17, 15) is 19.2 Å².